The summed E-state index contributed by atoms with van der Waals surface area (Å²) in [6.07, 6.45) is -11.1. The molecule has 0 fully saturated rings. The molecule has 0 aromatic carbocycles. The average Bonchev–Trinajstić information content (AvgIpc) is 2.08. The van der Waals surface area contributed by atoms with Crippen LogP contribution in [0.15, 0.2) is 0 Å². The molecule has 0 aliphatic rings. The van der Waals surface area contributed by atoms with Gasteiger partial charge in [0.2, 0.25) is 0 Å². The summed E-state index contributed by atoms with van der Waals surface area (Å²) in [5, 5.41) is 8.93. The van der Waals surface area contributed by atoms with Gasteiger partial charge in [0, 0.05) is 5.92 Å². The topological polar surface area (TPSA) is 20.2 Å². The summed E-state index contributed by atoms with van der Waals surface area (Å²) in [4.78, 5) is 0. The fourth-order valence-corrected chi connectivity index (χ4v) is 1.44. The molecule has 0 rings (SSSR count). The van der Waals surface area contributed by atoms with Crippen LogP contribution in [-0.2, 0) is 0 Å². The molecule has 1 unspecified atom stereocenters. The fraction of sp³-hybridized carbons (Fsp3) is 1.00. The zero-order chi connectivity index (χ0) is 13.2. The van der Waals surface area contributed by atoms with Crippen LogP contribution in [-0.4, -0.2) is 23.1 Å². The summed E-state index contributed by atoms with van der Waals surface area (Å²) in [6.45, 7) is 2.41. The van der Waals surface area contributed by atoms with Crippen molar-refractivity contribution in [3.63, 3.8) is 0 Å². The highest BCUT2D eigenvalue weighted by Crippen LogP contribution is 2.48. The first kappa shape index (κ1) is 15.5. The third-order valence-corrected chi connectivity index (χ3v) is 2.57. The molecule has 1 atom stereocenters. The zero-order valence-electron chi connectivity index (χ0n) is 8.91. The molecule has 0 aromatic heterocycles. The van der Waals surface area contributed by atoms with Crippen LogP contribution in [0.25, 0.3) is 0 Å². The van der Waals surface area contributed by atoms with E-state index in [1.807, 2.05) is 0 Å². The number of alkyl halides is 6. The smallest absolute Gasteiger partial charge is 0.373 e. The molecule has 0 spiro atoms. The summed E-state index contributed by atoms with van der Waals surface area (Å²) in [5.74, 6) is -1.91. The summed E-state index contributed by atoms with van der Waals surface area (Å²) in [6, 6.07) is 0. The average molecular weight is 252 g/mol. The van der Waals surface area contributed by atoms with Gasteiger partial charge in [-0.25, -0.2) is 0 Å². The van der Waals surface area contributed by atoms with Gasteiger partial charge in [-0.2, -0.15) is 26.3 Å². The van der Waals surface area contributed by atoms with E-state index in [9.17, 15) is 26.3 Å². The number of unbranched alkanes of at least 4 members (excludes halogenated alkanes) is 1. The first-order chi connectivity index (χ1) is 6.98. The van der Waals surface area contributed by atoms with Crippen LogP contribution in [0.3, 0.4) is 0 Å². The van der Waals surface area contributed by atoms with E-state index < -0.39 is 23.9 Å². The molecule has 0 saturated carbocycles. The molecule has 1 N–H and O–H groups in total. The Morgan fingerprint density at radius 2 is 1.38 bits per heavy atom. The molecule has 0 saturated heterocycles. The molecule has 16 heavy (non-hydrogen) atoms. The van der Waals surface area contributed by atoms with Crippen LogP contribution in [0.1, 0.15) is 33.1 Å². The van der Waals surface area contributed by atoms with Gasteiger partial charge in [-0.1, -0.05) is 26.7 Å². The maximum absolute atomic E-state index is 12.3. The first-order valence-corrected chi connectivity index (χ1v) is 4.84. The molecule has 0 aromatic rings. The van der Waals surface area contributed by atoms with Gasteiger partial charge < -0.3 is 5.11 Å². The summed E-state index contributed by atoms with van der Waals surface area (Å²) in [7, 11) is 0. The first-order valence-electron chi connectivity index (χ1n) is 4.84. The van der Waals surface area contributed by atoms with E-state index in [-0.39, 0.29) is 12.8 Å². The van der Waals surface area contributed by atoms with E-state index >= 15 is 0 Å². The van der Waals surface area contributed by atoms with Gasteiger partial charge in [-0.3, -0.25) is 0 Å². The second kappa shape index (κ2) is 4.81. The maximum atomic E-state index is 12.3. The van der Waals surface area contributed by atoms with Crippen molar-refractivity contribution in [2.75, 3.05) is 0 Å². The van der Waals surface area contributed by atoms with Crippen molar-refractivity contribution in [1.29, 1.82) is 0 Å². The lowest BCUT2D eigenvalue weighted by Gasteiger charge is -2.37. The van der Waals surface area contributed by atoms with Crippen molar-refractivity contribution in [2.24, 2.45) is 5.92 Å². The molecule has 0 bridgehead atoms. The molecule has 98 valence electrons. The highest BCUT2D eigenvalue weighted by Gasteiger charge is 2.72. The van der Waals surface area contributed by atoms with E-state index in [0.29, 0.717) is 6.42 Å². The summed E-state index contributed by atoms with van der Waals surface area (Å²) >= 11 is 0. The third-order valence-electron chi connectivity index (χ3n) is 2.57. The number of hydrogen-bond donors (Lipinski definition) is 1. The molecule has 0 radical (unpaired) electrons. The molecule has 0 amide bonds. The van der Waals surface area contributed by atoms with Crippen molar-refractivity contribution in [3.8, 4) is 0 Å². The van der Waals surface area contributed by atoms with Gasteiger partial charge in [0.25, 0.3) is 5.60 Å². The van der Waals surface area contributed by atoms with Crippen molar-refractivity contribution in [1.82, 2.24) is 0 Å². The molecular weight excluding hydrogens is 238 g/mol. The predicted molar refractivity (Wildman–Crippen MR) is 45.7 cm³/mol. The van der Waals surface area contributed by atoms with Crippen molar-refractivity contribution in [3.05, 3.63) is 0 Å². The standard InChI is InChI=1S/C9H14F6O/c1-3-4-5-6(2)7(16,8(10,11)12)9(13,14)15/h6,16H,3-5H2,1-2H3. The van der Waals surface area contributed by atoms with Crippen LogP contribution in [0.5, 0.6) is 0 Å². The largest absolute Gasteiger partial charge is 0.426 e. The normalized spacial score (nSPS) is 16.3. The maximum Gasteiger partial charge on any atom is 0.426 e. The van der Waals surface area contributed by atoms with Crippen LogP contribution in [0.4, 0.5) is 26.3 Å². The Kier molecular flexibility index (Phi) is 4.67. The second-order valence-electron chi connectivity index (χ2n) is 3.81. The van der Waals surface area contributed by atoms with Gasteiger partial charge >= 0.3 is 12.4 Å². The minimum absolute atomic E-state index is 0.204. The minimum atomic E-state index is -5.71. The second-order valence-corrected chi connectivity index (χ2v) is 3.81. The van der Waals surface area contributed by atoms with Crippen LogP contribution < -0.4 is 0 Å². The highest BCUT2D eigenvalue weighted by molar-refractivity contribution is 4.97. The van der Waals surface area contributed by atoms with Crippen molar-refractivity contribution < 1.29 is 31.4 Å². The zero-order valence-corrected chi connectivity index (χ0v) is 8.91. The van der Waals surface area contributed by atoms with Crippen molar-refractivity contribution in [2.45, 2.75) is 51.1 Å². The molecule has 7 heteroatoms. The SMILES string of the molecule is CCCCC(C)C(O)(C(F)(F)F)C(F)(F)F. The van der Waals surface area contributed by atoms with Crippen LogP contribution in [0.2, 0.25) is 0 Å². The Labute approximate surface area is 89.4 Å². The summed E-state index contributed by atoms with van der Waals surface area (Å²) < 4.78 is 73.8. The lowest BCUT2D eigenvalue weighted by molar-refractivity contribution is -0.383. The van der Waals surface area contributed by atoms with E-state index in [1.54, 1.807) is 6.92 Å². The molecular formula is C9H14F6O. The van der Waals surface area contributed by atoms with Gasteiger partial charge in [0.1, 0.15) is 0 Å². The van der Waals surface area contributed by atoms with E-state index in [4.69, 9.17) is 5.11 Å². The van der Waals surface area contributed by atoms with Gasteiger partial charge in [0.05, 0.1) is 0 Å². The highest BCUT2D eigenvalue weighted by atomic mass is 19.4. The Morgan fingerprint density at radius 1 is 1.00 bits per heavy atom. The van der Waals surface area contributed by atoms with E-state index in [1.165, 1.54) is 0 Å². The molecule has 0 aliphatic heterocycles. The van der Waals surface area contributed by atoms with Gasteiger partial charge in [-0.15, -0.1) is 0 Å². The molecule has 1 nitrogen and oxygen atoms in total. The Hall–Kier alpha value is -0.460. The Balaban J connectivity index is 5.10. The number of aliphatic hydroxyl groups is 1. The predicted octanol–water partition coefficient (Wildman–Crippen LogP) is 3.67. The van der Waals surface area contributed by atoms with E-state index in [0.717, 1.165) is 6.92 Å². The lowest BCUT2D eigenvalue weighted by Crippen LogP contribution is -2.61. The Bertz CT molecular complexity index is 205. The quantitative estimate of drug-likeness (QED) is 0.757. The summed E-state index contributed by atoms with van der Waals surface area (Å²) in [5.41, 5.74) is -4.62. The minimum Gasteiger partial charge on any atom is -0.373 e. The van der Waals surface area contributed by atoms with Crippen LogP contribution in [0, 0.1) is 5.92 Å². The van der Waals surface area contributed by atoms with Gasteiger partial charge in [0.15, 0.2) is 0 Å². The molecule has 0 heterocycles. The molecule has 0 aliphatic carbocycles. The van der Waals surface area contributed by atoms with Gasteiger partial charge in [-0.05, 0) is 6.42 Å². The van der Waals surface area contributed by atoms with Crippen LogP contribution >= 0.6 is 0 Å². The third kappa shape index (κ3) is 2.81. The number of halogens is 6. The van der Waals surface area contributed by atoms with Crippen molar-refractivity contribution >= 4 is 0 Å². The van der Waals surface area contributed by atoms with E-state index in [2.05, 4.69) is 0 Å². The monoisotopic (exact) mass is 252 g/mol. The number of rotatable bonds is 4. The fourth-order valence-electron chi connectivity index (χ4n) is 1.44. The Morgan fingerprint density at radius 3 is 1.62 bits per heavy atom. The number of hydrogen-bond acceptors (Lipinski definition) is 1. The lowest BCUT2D eigenvalue weighted by atomic mass is 9.84.